The first-order valence-corrected chi connectivity index (χ1v) is 8.78. The molecule has 26 heavy (non-hydrogen) atoms. The lowest BCUT2D eigenvalue weighted by molar-refractivity contribution is 0.0949. The van der Waals surface area contributed by atoms with Gasteiger partial charge in [-0.2, -0.15) is 0 Å². The van der Waals surface area contributed by atoms with Gasteiger partial charge in [-0.05, 0) is 36.6 Å². The topological polar surface area (TPSA) is 54.0 Å². The van der Waals surface area contributed by atoms with Crippen LogP contribution in [0.5, 0.6) is 0 Å². The quantitative estimate of drug-likeness (QED) is 0.681. The molecule has 0 spiro atoms. The molecule has 1 amide bonds. The number of amides is 1. The van der Waals surface area contributed by atoms with Crippen LogP contribution < -0.4 is 10.6 Å². The molecule has 0 saturated heterocycles. The summed E-state index contributed by atoms with van der Waals surface area (Å²) in [4.78, 5) is 16.5. The van der Waals surface area contributed by atoms with Crippen LogP contribution in [0.3, 0.4) is 0 Å². The molecule has 0 aliphatic carbocycles. The van der Waals surface area contributed by atoms with Crippen LogP contribution in [-0.2, 0) is 13.0 Å². The Balaban J connectivity index is 1.52. The molecule has 1 heterocycles. The van der Waals surface area contributed by atoms with E-state index in [2.05, 4.69) is 58.9 Å². The smallest absolute Gasteiger partial charge is 0.269 e. The van der Waals surface area contributed by atoms with Crippen LogP contribution in [0.25, 0.3) is 0 Å². The van der Waals surface area contributed by atoms with Crippen molar-refractivity contribution in [1.29, 1.82) is 0 Å². The first-order chi connectivity index (χ1) is 12.7. The zero-order valence-corrected chi connectivity index (χ0v) is 14.9. The third-order valence-corrected chi connectivity index (χ3v) is 4.15. The van der Waals surface area contributed by atoms with Crippen molar-refractivity contribution in [1.82, 2.24) is 10.3 Å². The molecule has 3 rings (SSSR count). The lowest BCUT2D eigenvalue weighted by Gasteiger charge is -2.09. The molecule has 0 radical (unpaired) electrons. The molecule has 0 aliphatic heterocycles. The molecule has 132 valence electrons. The Hall–Kier alpha value is -3.14. The van der Waals surface area contributed by atoms with Crippen LogP contribution >= 0.6 is 0 Å². The number of rotatable bonds is 7. The summed E-state index contributed by atoms with van der Waals surface area (Å²) in [5, 5.41) is 6.26. The van der Waals surface area contributed by atoms with Gasteiger partial charge in [-0.15, -0.1) is 0 Å². The molecule has 0 unspecified atom stereocenters. The second kappa shape index (κ2) is 8.81. The fraction of sp³-hybridized carbons (Fsp3) is 0.182. The van der Waals surface area contributed by atoms with Crippen molar-refractivity contribution in [3.63, 3.8) is 0 Å². The zero-order valence-electron chi connectivity index (χ0n) is 14.9. The number of aryl methyl sites for hydroxylation is 1. The average Bonchev–Trinajstić information content (AvgIpc) is 2.68. The summed E-state index contributed by atoms with van der Waals surface area (Å²) >= 11 is 0. The molecular weight excluding hydrogens is 322 g/mol. The Kier molecular flexibility index (Phi) is 5.99. The van der Waals surface area contributed by atoms with E-state index in [0.29, 0.717) is 18.8 Å². The first-order valence-electron chi connectivity index (χ1n) is 8.78. The highest BCUT2D eigenvalue weighted by molar-refractivity contribution is 5.93. The van der Waals surface area contributed by atoms with E-state index in [1.54, 1.807) is 12.3 Å². The minimum absolute atomic E-state index is 0.153. The molecule has 2 N–H and O–H groups in total. The molecule has 0 aliphatic rings. The van der Waals surface area contributed by atoms with E-state index < -0.39 is 0 Å². The molecule has 0 fully saturated rings. The molecule has 0 saturated carbocycles. The molecule has 1 aromatic heterocycles. The second-order valence-corrected chi connectivity index (χ2v) is 6.26. The Bertz CT molecular complexity index is 845. The maximum atomic E-state index is 12.3. The SMILES string of the molecule is Cc1ccc(CNc2ccnc(C(=O)NCCc3ccccc3)c2)cc1. The Morgan fingerprint density at radius 1 is 0.962 bits per heavy atom. The maximum absolute atomic E-state index is 12.3. The average molecular weight is 345 g/mol. The molecule has 4 nitrogen and oxygen atoms in total. The number of benzene rings is 2. The standard InChI is InChI=1S/C22H23N3O/c1-17-7-9-19(10-8-17)16-25-20-12-14-23-21(15-20)22(26)24-13-11-18-5-3-2-4-6-18/h2-10,12,14-15H,11,13,16H2,1H3,(H,23,25)(H,24,26). The number of carbonyl (C=O) groups excluding carboxylic acids is 1. The number of nitrogens with one attached hydrogen (secondary N) is 2. The van der Waals surface area contributed by atoms with E-state index in [1.807, 2.05) is 24.3 Å². The van der Waals surface area contributed by atoms with Crippen molar-refractivity contribution >= 4 is 11.6 Å². The van der Waals surface area contributed by atoms with Crippen LogP contribution in [0.2, 0.25) is 0 Å². The molecule has 4 heteroatoms. The number of hydrogen-bond donors (Lipinski definition) is 2. The summed E-state index contributed by atoms with van der Waals surface area (Å²) in [7, 11) is 0. The first kappa shape index (κ1) is 17.7. The number of nitrogens with zero attached hydrogens (tertiary/aromatic N) is 1. The Morgan fingerprint density at radius 2 is 1.73 bits per heavy atom. The third kappa shape index (κ3) is 5.18. The van der Waals surface area contributed by atoms with Crippen molar-refractivity contribution in [2.45, 2.75) is 19.9 Å². The summed E-state index contributed by atoms with van der Waals surface area (Å²) < 4.78 is 0. The number of hydrogen-bond acceptors (Lipinski definition) is 3. The number of pyridine rings is 1. The van der Waals surface area contributed by atoms with Gasteiger partial charge in [0.25, 0.3) is 5.91 Å². The monoisotopic (exact) mass is 345 g/mol. The van der Waals surface area contributed by atoms with E-state index in [0.717, 1.165) is 12.1 Å². The predicted octanol–water partition coefficient (Wildman–Crippen LogP) is 3.97. The van der Waals surface area contributed by atoms with E-state index in [4.69, 9.17) is 0 Å². The van der Waals surface area contributed by atoms with Gasteiger partial charge in [0.05, 0.1) is 0 Å². The van der Waals surface area contributed by atoms with Crippen molar-refractivity contribution in [3.8, 4) is 0 Å². The van der Waals surface area contributed by atoms with E-state index >= 15 is 0 Å². The van der Waals surface area contributed by atoms with Crippen LogP contribution in [0.1, 0.15) is 27.2 Å². The summed E-state index contributed by atoms with van der Waals surface area (Å²) in [6, 6.07) is 22.1. The second-order valence-electron chi connectivity index (χ2n) is 6.26. The van der Waals surface area contributed by atoms with Gasteiger partial charge in [-0.1, -0.05) is 60.2 Å². The summed E-state index contributed by atoms with van der Waals surface area (Å²) in [5.74, 6) is -0.153. The van der Waals surface area contributed by atoms with Crippen LogP contribution in [-0.4, -0.2) is 17.4 Å². The fourth-order valence-electron chi connectivity index (χ4n) is 2.63. The van der Waals surface area contributed by atoms with Crippen molar-refractivity contribution in [3.05, 3.63) is 95.3 Å². The van der Waals surface area contributed by atoms with Gasteiger partial charge in [0.2, 0.25) is 0 Å². The lowest BCUT2D eigenvalue weighted by Crippen LogP contribution is -2.26. The van der Waals surface area contributed by atoms with Gasteiger partial charge in [-0.3, -0.25) is 9.78 Å². The normalized spacial score (nSPS) is 10.3. The maximum Gasteiger partial charge on any atom is 0.269 e. The Labute approximate surface area is 154 Å². The van der Waals surface area contributed by atoms with E-state index in [9.17, 15) is 4.79 Å². The predicted molar refractivity (Wildman–Crippen MR) is 105 cm³/mol. The van der Waals surface area contributed by atoms with Crippen molar-refractivity contribution in [2.24, 2.45) is 0 Å². The fourth-order valence-corrected chi connectivity index (χ4v) is 2.63. The number of anilines is 1. The minimum Gasteiger partial charge on any atom is -0.381 e. The summed E-state index contributed by atoms with van der Waals surface area (Å²) in [5.41, 5.74) is 4.95. The van der Waals surface area contributed by atoms with E-state index in [1.165, 1.54) is 16.7 Å². The van der Waals surface area contributed by atoms with Crippen LogP contribution in [0, 0.1) is 6.92 Å². The molecule has 0 bridgehead atoms. The minimum atomic E-state index is -0.153. The van der Waals surface area contributed by atoms with Gasteiger partial charge in [0.1, 0.15) is 5.69 Å². The highest BCUT2D eigenvalue weighted by atomic mass is 16.1. The van der Waals surface area contributed by atoms with E-state index in [-0.39, 0.29) is 5.91 Å². The lowest BCUT2D eigenvalue weighted by atomic mass is 10.1. The van der Waals surface area contributed by atoms with Crippen molar-refractivity contribution in [2.75, 3.05) is 11.9 Å². The van der Waals surface area contributed by atoms with Gasteiger partial charge in [0, 0.05) is 25.0 Å². The highest BCUT2D eigenvalue weighted by Crippen LogP contribution is 2.11. The molecule has 3 aromatic rings. The van der Waals surface area contributed by atoms with Gasteiger partial charge < -0.3 is 10.6 Å². The van der Waals surface area contributed by atoms with Crippen molar-refractivity contribution < 1.29 is 4.79 Å². The number of carbonyl (C=O) groups is 1. The zero-order chi connectivity index (χ0) is 18.2. The van der Waals surface area contributed by atoms with Gasteiger partial charge >= 0.3 is 0 Å². The number of aromatic nitrogens is 1. The highest BCUT2D eigenvalue weighted by Gasteiger charge is 2.07. The third-order valence-electron chi connectivity index (χ3n) is 4.15. The molecular formula is C22H23N3O. The van der Waals surface area contributed by atoms with Crippen LogP contribution in [0.15, 0.2) is 72.9 Å². The van der Waals surface area contributed by atoms with Crippen LogP contribution in [0.4, 0.5) is 5.69 Å². The molecule has 0 atom stereocenters. The summed E-state index contributed by atoms with van der Waals surface area (Å²) in [6.07, 6.45) is 2.46. The van der Waals surface area contributed by atoms with Gasteiger partial charge in [0.15, 0.2) is 0 Å². The Morgan fingerprint density at radius 3 is 2.50 bits per heavy atom. The van der Waals surface area contributed by atoms with Gasteiger partial charge in [-0.25, -0.2) is 0 Å². The molecule has 2 aromatic carbocycles. The largest absolute Gasteiger partial charge is 0.381 e. The summed E-state index contributed by atoms with van der Waals surface area (Å²) in [6.45, 7) is 3.37.